The van der Waals surface area contributed by atoms with Gasteiger partial charge in [0.05, 0.1) is 12.7 Å². The number of anilines is 1. The van der Waals surface area contributed by atoms with Gasteiger partial charge in [-0.25, -0.2) is 13.7 Å². The Balaban J connectivity index is 1.34. The molecule has 7 nitrogen and oxygen atoms in total. The Hall–Kier alpha value is -2.37. The van der Waals surface area contributed by atoms with Crippen LogP contribution in [0.1, 0.15) is 54.4 Å². The van der Waals surface area contributed by atoms with E-state index in [1.165, 1.54) is 40.5 Å². The zero-order chi connectivity index (χ0) is 21.4. The molecule has 0 bridgehead atoms. The molecule has 4 atom stereocenters. The van der Waals surface area contributed by atoms with Crippen molar-refractivity contribution in [3.05, 3.63) is 39.8 Å². The number of nitrogens with zero attached hydrogens (tertiary/aromatic N) is 2. The summed E-state index contributed by atoms with van der Waals surface area (Å²) in [6.07, 6.45) is 12.8. The largest absolute Gasteiger partial charge is 0.374 e. The lowest BCUT2D eigenvalue weighted by Gasteiger charge is -2.17. The molecule has 3 aliphatic carbocycles. The molecule has 0 spiro atoms. The van der Waals surface area contributed by atoms with E-state index in [-0.39, 0.29) is 6.10 Å². The number of hydrogen-bond acceptors (Lipinski definition) is 5. The highest BCUT2D eigenvalue weighted by Gasteiger charge is 2.39. The normalized spacial score (nSPS) is 27.9. The maximum Gasteiger partial charge on any atom is 0.331 e. The quantitative estimate of drug-likeness (QED) is 0.691. The Labute approximate surface area is 183 Å². The molecule has 1 aliphatic heterocycles. The van der Waals surface area contributed by atoms with Crippen LogP contribution >= 0.6 is 0 Å². The van der Waals surface area contributed by atoms with Crippen LogP contribution in [0, 0.1) is 23.3 Å². The van der Waals surface area contributed by atoms with Gasteiger partial charge in [0.25, 0.3) is 0 Å². The Morgan fingerprint density at radius 3 is 2.61 bits per heavy atom. The van der Waals surface area contributed by atoms with Gasteiger partial charge in [-0.15, -0.1) is 0 Å². The summed E-state index contributed by atoms with van der Waals surface area (Å²) in [6, 6.07) is 1.71. The molecule has 0 aromatic heterocycles. The molecule has 2 fully saturated rings. The second kappa shape index (κ2) is 8.29. The van der Waals surface area contributed by atoms with E-state index in [2.05, 4.69) is 20.5 Å². The molecule has 1 aromatic rings. The van der Waals surface area contributed by atoms with Crippen molar-refractivity contribution < 1.29 is 13.7 Å². The Morgan fingerprint density at radius 1 is 1.16 bits per heavy atom. The molecule has 1 saturated heterocycles. The summed E-state index contributed by atoms with van der Waals surface area (Å²) < 4.78 is 25.0. The van der Waals surface area contributed by atoms with E-state index in [0.717, 1.165) is 50.6 Å². The van der Waals surface area contributed by atoms with Crippen molar-refractivity contribution in [2.75, 3.05) is 11.9 Å². The van der Waals surface area contributed by atoms with Crippen LogP contribution in [0.3, 0.4) is 0 Å². The highest BCUT2D eigenvalue weighted by Crippen LogP contribution is 2.41. The fourth-order valence-electron chi connectivity index (χ4n) is 5.83. The molecule has 8 heteroatoms. The number of carbonyl (C=O) groups is 1. The van der Waals surface area contributed by atoms with Gasteiger partial charge in [-0.3, -0.25) is 0 Å². The van der Waals surface area contributed by atoms with Crippen molar-refractivity contribution in [3.63, 3.8) is 0 Å². The summed E-state index contributed by atoms with van der Waals surface area (Å²) in [5.74, 6) is 0.974. The Kier molecular flexibility index (Phi) is 5.49. The third kappa shape index (κ3) is 3.97. The van der Waals surface area contributed by atoms with Crippen molar-refractivity contribution in [2.24, 2.45) is 16.2 Å². The molecule has 2 N–H and O–H groups in total. The number of fused-ring (bicyclic) bond motifs is 3. The van der Waals surface area contributed by atoms with Gasteiger partial charge in [0.15, 0.2) is 9.92 Å². The van der Waals surface area contributed by atoms with Crippen LogP contribution in [0.25, 0.3) is 0 Å². The minimum Gasteiger partial charge on any atom is -0.374 e. The van der Waals surface area contributed by atoms with Crippen LogP contribution in [0.4, 0.5) is 10.5 Å². The molecule has 1 heterocycles. The number of ether oxygens (including phenoxy) is 1. The first-order valence-corrected chi connectivity index (χ1v) is 12.8. The Morgan fingerprint density at radius 2 is 1.90 bits per heavy atom. The van der Waals surface area contributed by atoms with Gasteiger partial charge in [-0.2, -0.15) is 5.26 Å². The van der Waals surface area contributed by atoms with Crippen molar-refractivity contribution in [2.45, 2.75) is 63.9 Å². The van der Waals surface area contributed by atoms with E-state index >= 15 is 0 Å². The van der Waals surface area contributed by atoms with Crippen LogP contribution in [-0.2, 0) is 40.3 Å². The molecule has 5 rings (SSSR count). The summed E-state index contributed by atoms with van der Waals surface area (Å²) in [7, 11) is -3.36. The lowest BCUT2D eigenvalue weighted by molar-refractivity contribution is 0.121. The maximum atomic E-state index is 13.2. The van der Waals surface area contributed by atoms with E-state index in [1.54, 1.807) is 12.3 Å². The second-order valence-electron chi connectivity index (χ2n) is 9.03. The van der Waals surface area contributed by atoms with E-state index in [0.29, 0.717) is 18.4 Å². The van der Waals surface area contributed by atoms with Gasteiger partial charge in [0.2, 0.25) is 6.19 Å². The third-order valence-electron chi connectivity index (χ3n) is 7.22. The fourth-order valence-corrected chi connectivity index (χ4v) is 6.81. The maximum absolute atomic E-state index is 13.2. The number of amides is 2. The molecule has 1 aromatic carbocycles. The van der Waals surface area contributed by atoms with Gasteiger partial charge < -0.3 is 10.1 Å². The van der Waals surface area contributed by atoms with Crippen LogP contribution in [0.2, 0.25) is 0 Å². The van der Waals surface area contributed by atoms with Gasteiger partial charge in [0.1, 0.15) is 0 Å². The number of hydrogen-bond donors (Lipinski definition) is 2. The molecule has 164 valence electrons. The van der Waals surface area contributed by atoms with E-state index in [9.17, 15) is 9.00 Å². The van der Waals surface area contributed by atoms with Gasteiger partial charge >= 0.3 is 6.03 Å². The molecule has 4 unspecified atom stereocenters. The highest BCUT2D eigenvalue weighted by atomic mass is 32.2. The second-order valence-corrected chi connectivity index (χ2v) is 10.8. The first kappa shape index (κ1) is 20.5. The molecule has 0 radical (unpaired) electrons. The fraction of sp³-hybridized carbons (Fsp3) is 0.565. The number of carbonyl (C=O) groups excluding carboxylic acids is 1. The Bertz CT molecular complexity index is 1060. The summed E-state index contributed by atoms with van der Waals surface area (Å²) in [5, 5.41) is 13.4. The number of nitriles is 1. The van der Waals surface area contributed by atoms with E-state index in [4.69, 9.17) is 10.00 Å². The minimum absolute atomic E-state index is 0.132. The van der Waals surface area contributed by atoms with Gasteiger partial charge in [0, 0.05) is 11.1 Å². The van der Waals surface area contributed by atoms with Crippen molar-refractivity contribution in [1.82, 2.24) is 4.72 Å². The average molecular weight is 441 g/mol. The highest BCUT2D eigenvalue weighted by molar-refractivity contribution is 7.95. The lowest BCUT2D eigenvalue weighted by Crippen LogP contribution is -2.33. The van der Waals surface area contributed by atoms with Crippen LogP contribution in [-0.4, -0.2) is 23.0 Å². The summed E-state index contributed by atoms with van der Waals surface area (Å²) >= 11 is 0. The first-order valence-electron chi connectivity index (χ1n) is 11.3. The summed E-state index contributed by atoms with van der Waals surface area (Å²) in [5.41, 5.74) is 5.88. The number of aryl methyl sites for hydroxylation is 2. The van der Waals surface area contributed by atoms with Crippen LogP contribution in [0.15, 0.2) is 21.9 Å². The molecule has 2 amide bonds. The van der Waals surface area contributed by atoms with Crippen LogP contribution < -0.4 is 10.0 Å². The smallest absolute Gasteiger partial charge is 0.331 e. The number of benzene rings is 1. The predicted molar refractivity (Wildman–Crippen MR) is 119 cm³/mol. The average Bonchev–Trinajstić information content (AvgIpc) is 3.50. The van der Waals surface area contributed by atoms with Crippen molar-refractivity contribution >= 4 is 21.6 Å². The third-order valence-corrected chi connectivity index (χ3v) is 8.58. The number of urea groups is 1. The number of nitrogens with one attached hydrogen (secondary N) is 2. The standard InChI is InChI=1S/C23H28N4O3S/c24-14-25-31(29,11-10-21-18-7-3-6-17(18)13-30-21)27-23(28)26-22-19-8-1-4-15(19)12-16-5-2-9-20(16)22/h10-12,17-18,21H,1-9,13H2,(H2,25,26,27,28,29)/b11-10+. The summed E-state index contributed by atoms with van der Waals surface area (Å²) in [6.45, 7) is 0.717. The summed E-state index contributed by atoms with van der Waals surface area (Å²) in [4.78, 5) is 12.8. The molecular formula is C23H28N4O3S. The number of rotatable bonds is 4. The van der Waals surface area contributed by atoms with Gasteiger partial charge in [-0.1, -0.05) is 16.8 Å². The molecular weight excluding hydrogens is 412 g/mol. The molecule has 1 saturated carbocycles. The molecule has 4 aliphatic rings. The van der Waals surface area contributed by atoms with Crippen molar-refractivity contribution in [1.29, 1.82) is 5.26 Å². The first-order chi connectivity index (χ1) is 15.1. The van der Waals surface area contributed by atoms with E-state index < -0.39 is 15.9 Å². The molecule has 31 heavy (non-hydrogen) atoms. The monoisotopic (exact) mass is 440 g/mol. The predicted octanol–water partition coefficient (Wildman–Crippen LogP) is 3.98. The topological polar surface area (TPSA) is 104 Å². The lowest BCUT2D eigenvalue weighted by atomic mass is 9.95. The zero-order valence-electron chi connectivity index (χ0n) is 17.6. The van der Waals surface area contributed by atoms with Crippen LogP contribution in [0.5, 0.6) is 0 Å². The van der Waals surface area contributed by atoms with Crippen molar-refractivity contribution in [3.8, 4) is 6.19 Å². The SMILES string of the molecule is N#CN=S(=O)(/C=C/C1OCC2CCCC21)NC(=O)Nc1c2c(cc3c1CCC3)CCC2. The minimum atomic E-state index is -3.36. The zero-order valence-corrected chi connectivity index (χ0v) is 18.4. The van der Waals surface area contributed by atoms with E-state index in [1.807, 2.05) is 0 Å². The van der Waals surface area contributed by atoms with Gasteiger partial charge in [-0.05, 0) is 91.5 Å².